The van der Waals surface area contributed by atoms with Gasteiger partial charge < -0.3 is 15.5 Å². The maximum Gasteiger partial charge on any atom is 0.328 e. The average molecular weight is 245 g/mol. The molecule has 0 amide bonds. The second-order valence-corrected chi connectivity index (χ2v) is 4.46. The summed E-state index contributed by atoms with van der Waals surface area (Å²) < 4.78 is 0. The highest BCUT2D eigenvalue weighted by Gasteiger charge is 1.94. The number of rotatable bonds is 6. The van der Waals surface area contributed by atoms with Gasteiger partial charge in [0.15, 0.2) is 0 Å². The first kappa shape index (κ1) is 18.0. The Hall–Kier alpha value is -1.36. The van der Waals surface area contributed by atoms with Gasteiger partial charge in [-0.2, -0.15) is 0 Å². The summed E-state index contributed by atoms with van der Waals surface area (Å²) in [7, 11) is 0. The molecular formula is C12H23NO4. The predicted molar refractivity (Wildman–Crippen MR) is 67.0 cm³/mol. The summed E-state index contributed by atoms with van der Waals surface area (Å²) in [6, 6.07) is 0. The SMILES string of the molecule is CC(C)CNCC(C)C.O=C(O)/C=C\C(=O)O. The molecule has 5 heteroatoms. The Morgan fingerprint density at radius 2 is 1.24 bits per heavy atom. The molecule has 100 valence electrons. The third-order valence-corrected chi connectivity index (χ3v) is 1.47. The molecule has 17 heavy (non-hydrogen) atoms. The van der Waals surface area contributed by atoms with E-state index < -0.39 is 11.9 Å². The largest absolute Gasteiger partial charge is 0.478 e. The van der Waals surface area contributed by atoms with Crippen LogP contribution in [0.2, 0.25) is 0 Å². The van der Waals surface area contributed by atoms with Crippen molar-refractivity contribution in [1.29, 1.82) is 0 Å². The van der Waals surface area contributed by atoms with Crippen LogP contribution in [-0.4, -0.2) is 35.2 Å². The number of carboxylic acids is 2. The van der Waals surface area contributed by atoms with Gasteiger partial charge in [0.05, 0.1) is 0 Å². The van der Waals surface area contributed by atoms with Crippen LogP contribution in [0.3, 0.4) is 0 Å². The fourth-order valence-electron chi connectivity index (χ4n) is 0.803. The molecule has 0 aromatic carbocycles. The highest BCUT2D eigenvalue weighted by molar-refractivity contribution is 5.89. The van der Waals surface area contributed by atoms with Crippen molar-refractivity contribution in [3.8, 4) is 0 Å². The Labute approximate surface area is 103 Å². The normalized spacial score (nSPS) is 10.5. The van der Waals surface area contributed by atoms with E-state index >= 15 is 0 Å². The Balaban J connectivity index is 0. The van der Waals surface area contributed by atoms with Crippen molar-refractivity contribution in [3.05, 3.63) is 12.2 Å². The van der Waals surface area contributed by atoms with Gasteiger partial charge in [0, 0.05) is 12.2 Å². The van der Waals surface area contributed by atoms with Crippen molar-refractivity contribution in [3.63, 3.8) is 0 Å². The van der Waals surface area contributed by atoms with E-state index in [9.17, 15) is 9.59 Å². The van der Waals surface area contributed by atoms with E-state index in [0.717, 1.165) is 24.9 Å². The summed E-state index contributed by atoms with van der Waals surface area (Å²) in [6.07, 6.45) is 1.12. The minimum Gasteiger partial charge on any atom is -0.478 e. The summed E-state index contributed by atoms with van der Waals surface area (Å²) in [4.78, 5) is 19.1. The second kappa shape index (κ2) is 11.1. The van der Waals surface area contributed by atoms with Crippen molar-refractivity contribution in [1.82, 2.24) is 5.32 Å². The van der Waals surface area contributed by atoms with Gasteiger partial charge in [-0.25, -0.2) is 9.59 Å². The summed E-state index contributed by atoms with van der Waals surface area (Å²) >= 11 is 0. The number of hydrogen-bond donors (Lipinski definition) is 3. The molecule has 0 aliphatic heterocycles. The molecule has 0 atom stereocenters. The van der Waals surface area contributed by atoms with Crippen LogP contribution in [0.4, 0.5) is 0 Å². The molecule has 0 spiro atoms. The molecule has 0 saturated carbocycles. The maximum absolute atomic E-state index is 9.55. The van der Waals surface area contributed by atoms with Crippen LogP contribution < -0.4 is 5.32 Å². The van der Waals surface area contributed by atoms with Gasteiger partial charge in [0.2, 0.25) is 0 Å². The van der Waals surface area contributed by atoms with Gasteiger partial charge in [-0.15, -0.1) is 0 Å². The van der Waals surface area contributed by atoms with Gasteiger partial charge in [-0.05, 0) is 24.9 Å². The van der Waals surface area contributed by atoms with E-state index in [-0.39, 0.29) is 0 Å². The number of carboxylic acid groups (broad SMARTS) is 2. The molecule has 0 aromatic rings. The van der Waals surface area contributed by atoms with Gasteiger partial charge in [0.1, 0.15) is 0 Å². The zero-order valence-corrected chi connectivity index (χ0v) is 10.9. The van der Waals surface area contributed by atoms with E-state index in [4.69, 9.17) is 10.2 Å². The quantitative estimate of drug-likeness (QED) is 0.619. The lowest BCUT2D eigenvalue weighted by atomic mass is 10.2. The molecular weight excluding hydrogens is 222 g/mol. The average Bonchev–Trinajstić information content (AvgIpc) is 2.14. The Morgan fingerprint density at radius 3 is 1.41 bits per heavy atom. The van der Waals surface area contributed by atoms with Crippen LogP contribution in [0.25, 0.3) is 0 Å². The molecule has 0 radical (unpaired) electrons. The third kappa shape index (κ3) is 25.2. The van der Waals surface area contributed by atoms with Crippen LogP contribution >= 0.6 is 0 Å². The third-order valence-electron chi connectivity index (χ3n) is 1.47. The van der Waals surface area contributed by atoms with E-state index in [1.54, 1.807) is 0 Å². The van der Waals surface area contributed by atoms with Crippen LogP contribution in [0.5, 0.6) is 0 Å². The van der Waals surface area contributed by atoms with Crippen molar-refractivity contribution >= 4 is 11.9 Å². The number of carbonyl (C=O) groups is 2. The van der Waals surface area contributed by atoms with Gasteiger partial charge in [0.25, 0.3) is 0 Å². The fourth-order valence-corrected chi connectivity index (χ4v) is 0.803. The van der Waals surface area contributed by atoms with Gasteiger partial charge >= 0.3 is 11.9 Å². The van der Waals surface area contributed by atoms with Crippen molar-refractivity contribution in [2.75, 3.05) is 13.1 Å². The van der Waals surface area contributed by atoms with Crippen LogP contribution in [0.15, 0.2) is 12.2 Å². The summed E-state index contributed by atoms with van der Waals surface area (Å²) in [6.45, 7) is 11.2. The molecule has 0 fully saturated rings. The first-order valence-electron chi connectivity index (χ1n) is 5.60. The van der Waals surface area contributed by atoms with E-state index in [2.05, 4.69) is 33.0 Å². The minimum atomic E-state index is -1.26. The molecule has 0 rings (SSSR count). The van der Waals surface area contributed by atoms with Crippen molar-refractivity contribution in [2.45, 2.75) is 27.7 Å². The topological polar surface area (TPSA) is 86.6 Å². The lowest BCUT2D eigenvalue weighted by Crippen LogP contribution is -2.23. The monoisotopic (exact) mass is 245 g/mol. The number of hydrogen-bond acceptors (Lipinski definition) is 3. The molecule has 0 heterocycles. The maximum atomic E-state index is 9.55. The van der Waals surface area contributed by atoms with Crippen molar-refractivity contribution < 1.29 is 19.8 Å². The molecule has 5 nitrogen and oxygen atoms in total. The van der Waals surface area contributed by atoms with Crippen LogP contribution in [0, 0.1) is 11.8 Å². The van der Waals surface area contributed by atoms with Gasteiger partial charge in [-0.1, -0.05) is 27.7 Å². The number of aliphatic carboxylic acids is 2. The zero-order chi connectivity index (χ0) is 13.8. The first-order valence-corrected chi connectivity index (χ1v) is 5.60. The Morgan fingerprint density at radius 1 is 0.941 bits per heavy atom. The van der Waals surface area contributed by atoms with Crippen LogP contribution in [-0.2, 0) is 9.59 Å². The molecule has 0 aliphatic carbocycles. The Kier molecular flexibility index (Phi) is 11.8. The highest BCUT2D eigenvalue weighted by Crippen LogP contribution is 1.90. The highest BCUT2D eigenvalue weighted by atomic mass is 16.4. The van der Waals surface area contributed by atoms with Crippen LogP contribution in [0.1, 0.15) is 27.7 Å². The smallest absolute Gasteiger partial charge is 0.328 e. The molecule has 0 bridgehead atoms. The zero-order valence-electron chi connectivity index (χ0n) is 10.9. The van der Waals surface area contributed by atoms with E-state index in [1.165, 1.54) is 0 Å². The predicted octanol–water partition coefficient (Wildman–Crippen LogP) is 1.60. The lowest BCUT2D eigenvalue weighted by Gasteiger charge is -2.08. The molecule has 0 unspecified atom stereocenters. The first-order chi connectivity index (χ1) is 7.75. The summed E-state index contributed by atoms with van der Waals surface area (Å²) in [5.74, 6) is -0.952. The van der Waals surface area contributed by atoms with Crippen molar-refractivity contribution in [2.24, 2.45) is 11.8 Å². The Bertz CT molecular complexity index is 223. The number of nitrogens with one attached hydrogen (secondary N) is 1. The summed E-state index contributed by atoms with van der Waals surface area (Å²) in [5, 5.41) is 19.0. The molecule has 0 saturated heterocycles. The van der Waals surface area contributed by atoms with E-state index in [1.807, 2.05) is 0 Å². The minimum absolute atomic E-state index is 0.558. The molecule has 0 aliphatic rings. The molecule has 0 aromatic heterocycles. The summed E-state index contributed by atoms with van der Waals surface area (Å²) in [5.41, 5.74) is 0. The fraction of sp³-hybridized carbons (Fsp3) is 0.667. The second-order valence-electron chi connectivity index (χ2n) is 4.46. The molecule has 3 N–H and O–H groups in total. The standard InChI is InChI=1S/C8H19N.C4H4O4/c1-7(2)5-9-6-8(3)4;5-3(6)1-2-4(7)8/h7-9H,5-6H2,1-4H3;1-2H,(H,5,6)(H,7,8)/b;2-1-. The van der Waals surface area contributed by atoms with Gasteiger partial charge in [-0.3, -0.25) is 0 Å². The lowest BCUT2D eigenvalue weighted by molar-refractivity contribution is -0.134. The van der Waals surface area contributed by atoms with E-state index in [0.29, 0.717) is 12.2 Å².